The number of alkyl carbamates (subject to hydrolysis) is 1. The normalized spacial score (nSPS) is 28.3. The second-order valence-corrected chi connectivity index (χ2v) is 10.9. The fourth-order valence-corrected chi connectivity index (χ4v) is 5.84. The third-order valence-electron chi connectivity index (χ3n) is 7.67. The van der Waals surface area contributed by atoms with Crippen LogP contribution in [0.25, 0.3) is 5.57 Å². The molecule has 1 aromatic rings. The summed E-state index contributed by atoms with van der Waals surface area (Å²) in [6, 6.07) is 6.33. The number of hydrogen-bond donors (Lipinski definition) is 1. The molecular weight excluding hydrogens is 430 g/mol. The largest absolute Gasteiger partial charge is 0.444 e. The lowest BCUT2D eigenvalue weighted by atomic mass is 9.61. The lowest BCUT2D eigenvalue weighted by molar-refractivity contribution is -0.137. The van der Waals surface area contributed by atoms with E-state index in [0.717, 1.165) is 60.8 Å². The van der Waals surface area contributed by atoms with E-state index in [1.165, 1.54) is 4.90 Å². The number of allylic oxidation sites excluding steroid dienone is 1. The van der Waals surface area contributed by atoms with Crippen LogP contribution in [0.4, 0.5) is 4.79 Å². The summed E-state index contributed by atoms with van der Waals surface area (Å²) < 4.78 is 11.1. The predicted octanol–water partition coefficient (Wildman–Crippen LogP) is 4.79. The summed E-state index contributed by atoms with van der Waals surface area (Å²) >= 11 is 0. The van der Waals surface area contributed by atoms with Crippen molar-refractivity contribution < 1.29 is 19.1 Å². The van der Waals surface area contributed by atoms with Crippen molar-refractivity contribution in [3.05, 3.63) is 41.5 Å². The molecule has 0 aromatic heterocycles. The van der Waals surface area contributed by atoms with Gasteiger partial charge in [-0.15, -0.1) is 0 Å². The molecule has 2 aliphatic carbocycles. The fourth-order valence-electron chi connectivity index (χ4n) is 5.84. The van der Waals surface area contributed by atoms with Crippen LogP contribution in [0.2, 0.25) is 0 Å². The van der Waals surface area contributed by atoms with Gasteiger partial charge in [0.15, 0.2) is 5.54 Å². The minimum absolute atomic E-state index is 0.104. The average molecular weight is 468 g/mol. The van der Waals surface area contributed by atoms with Gasteiger partial charge >= 0.3 is 6.09 Å². The molecular formula is C27H37N3O4. The number of ether oxygens (including phenoxy) is 2. The Balaban J connectivity index is 1.82. The minimum Gasteiger partial charge on any atom is -0.444 e. The van der Waals surface area contributed by atoms with Crippen molar-refractivity contribution in [1.29, 1.82) is 0 Å². The van der Waals surface area contributed by atoms with Crippen LogP contribution < -0.4 is 5.32 Å². The average Bonchev–Trinajstić information content (AvgIpc) is 3.19. The molecule has 2 spiro atoms. The summed E-state index contributed by atoms with van der Waals surface area (Å²) in [6.45, 7) is 11.7. The Morgan fingerprint density at radius 3 is 2.56 bits per heavy atom. The SMILES string of the molecule is C=C(CC)c1ccc2c(c1)C1(N=C(NC(=O)OC(C)(C)C)N(C)C1=O)C1(CCC(OC)CC1)C2. The molecule has 4 rings (SSSR count). The molecule has 3 aliphatic rings. The van der Waals surface area contributed by atoms with Gasteiger partial charge in [-0.1, -0.05) is 25.6 Å². The van der Waals surface area contributed by atoms with E-state index in [0.29, 0.717) is 0 Å². The zero-order valence-corrected chi connectivity index (χ0v) is 21.3. The van der Waals surface area contributed by atoms with Gasteiger partial charge in [0, 0.05) is 19.6 Å². The van der Waals surface area contributed by atoms with Crippen LogP contribution in [0.3, 0.4) is 0 Å². The number of methoxy groups -OCH3 is 1. The predicted molar refractivity (Wildman–Crippen MR) is 132 cm³/mol. The summed E-state index contributed by atoms with van der Waals surface area (Å²) in [5.74, 6) is 0.132. The van der Waals surface area contributed by atoms with E-state index in [1.807, 2.05) is 0 Å². The van der Waals surface area contributed by atoms with Gasteiger partial charge in [0.25, 0.3) is 5.91 Å². The molecule has 7 nitrogen and oxygen atoms in total. The first-order valence-corrected chi connectivity index (χ1v) is 12.2. The molecule has 34 heavy (non-hydrogen) atoms. The first kappa shape index (κ1) is 24.5. The molecule has 1 unspecified atom stereocenters. The maximum atomic E-state index is 14.1. The first-order chi connectivity index (χ1) is 16.0. The Morgan fingerprint density at radius 1 is 1.29 bits per heavy atom. The number of aliphatic imine (C=N–C) groups is 1. The number of nitrogens with one attached hydrogen (secondary N) is 1. The number of amides is 2. The lowest BCUT2D eigenvalue weighted by Crippen LogP contribution is -2.51. The smallest absolute Gasteiger partial charge is 0.414 e. The van der Waals surface area contributed by atoms with E-state index in [-0.39, 0.29) is 23.4 Å². The molecule has 1 atom stereocenters. The van der Waals surface area contributed by atoms with Gasteiger partial charge in [0.05, 0.1) is 6.10 Å². The standard InChI is InChI=1S/C27H37N3O4/c1-8-17(2)18-9-10-19-16-26(13-11-20(33-7)12-14-26)27(21(19)15-18)22(31)30(6)23(29-27)28-24(32)34-25(3,4)5/h9-10,15,20H,2,8,11-14,16H2,1,3-7H3,(H,28,29,32). The maximum absolute atomic E-state index is 14.1. The van der Waals surface area contributed by atoms with E-state index in [1.54, 1.807) is 34.9 Å². The number of carbonyl (C=O) groups excluding carboxylic acids is 2. The van der Waals surface area contributed by atoms with E-state index < -0.39 is 17.2 Å². The van der Waals surface area contributed by atoms with Crippen LogP contribution in [0, 0.1) is 5.41 Å². The number of guanidine groups is 1. The van der Waals surface area contributed by atoms with E-state index >= 15 is 0 Å². The van der Waals surface area contributed by atoms with Crippen molar-refractivity contribution in [2.24, 2.45) is 10.4 Å². The van der Waals surface area contributed by atoms with Crippen LogP contribution in [-0.4, -0.2) is 48.7 Å². The molecule has 2 amide bonds. The molecule has 0 bridgehead atoms. The monoisotopic (exact) mass is 467 g/mol. The molecule has 184 valence electrons. The molecule has 1 fully saturated rings. The molecule has 1 aliphatic heterocycles. The van der Waals surface area contributed by atoms with Gasteiger partial charge in [-0.3, -0.25) is 15.0 Å². The molecule has 0 saturated heterocycles. The zero-order chi connectivity index (χ0) is 24.9. The van der Waals surface area contributed by atoms with Crippen molar-refractivity contribution in [2.45, 2.75) is 83.5 Å². The summed E-state index contributed by atoms with van der Waals surface area (Å²) in [6.07, 6.45) is 4.59. The third kappa shape index (κ3) is 3.84. The van der Waals surface area contributed by atoms with Crippen LogP contribution in [-0.2, 0) is 26.2 Å². The second kappa shape index (κ2) is 8.52. The van der Waals surface area contributed by atoms with Crippen molar-refractivity contribution in [2.75, 3.05) is 14.2 Å². The van der Waals surface area contributed by atoms with Crippen LogP contribution >= 0.6 is 0 Å². The van der Waals surface area contributed by atoms with Gasteiger partial charge in [0.2, 0.25) is 5.96 Å². The van der Waals surface area contributed by atoms with Gasteiger partial charge in [-0.2, -0.15) is 0 Å². The van der Waals surface area contributed by atoms with Gasteiger partial charge in [0.1, 0.15) is 5.60 Å². The summed E-state index contributed by atoms with van der Waals surface area (Å²) in [5, 5.41) is 2.74. The number of benzene rings is 1. The Labute approximate surface area is 202 Å². The van der Waals surface area contributed by atoms with Gasteiger partial charge in [-0.25, -0.2) is 9.79 Å². The van der Waals surface area contributed by atoms with Crippen LogP contribution in [0.15, 0.2) is 29.8 Å². The van der Waals surface area contributed by atoms with Gasteiger partial charge < -0.3 is 9.47 Å². The number of hydrogen-bond acceptors (Lipinski definition) is 5. The third-order valence-corrected chi connectivity index (χ3v) is 7.67. The number of rotatable bonds is 3. The number of fused-ring (bicyclic) bond motifs is 3. The molecule has 0 radical (unpaired) electrons. The number of carbonyl (C=O) groups is 2. The topological polar surface area (TPSA) is 80.2 Å². The molecule has 7 heteroatoms. The highest BCUT2D eigenvalue weighted by molar-refractivity contribution is 6.12. The minimum atomic E-state index is -1.08. The Hall–Kier alpha value is -2.67. The molecule has 1 heterocycles. The highest BCUT2D eigenvalue weighted by Crippen LogP contribution is 2.62. The van der Waals surface area contributed by atoms with Crippen LogP contribution in [0.1, 0.15) is 76.5 Å². The van der Waals surface area contributed by atoms with E-state index in [4.69, 9.17) is 14.5 Å². The Bertz CT molecular complexity index is 1050. The highest BCUT2D eigenvalue weighted by Gasteiger charge is 2.66. The molecule has 1 saturated carbocycles. The Kier molecular flexibility index (Phi) is 6.13. The lowest BCUT2D eigenvalue weighted by Gasteiger charge is -2.45. The summed E-state index contributed by atoms with van der Waals surface area (Å²) in [4.78, 5) is 33.2. The summed E-state index contributed by atoms with van der Waals surface area (Å²) in [7, 11) is 3.43. The zero-order valence-electron chi connectivity index (χ0n) is 21.3. The number of nitrogens with zero attached hydrogens (tertiary/aromatic N) is 2. The Morgan fingerprint density at radius 2 is 1.97 bits per heavy atom. The first-order valence-electron chi connectivity index (χ1n) is 12.2. The van der Waals surface area contributed by atoms with Crippen molar-refractivity contribution in [3.8, 4) is 0 Å². The van der Waals surface area contributed by atoms with E-state index in [9.17, 15) is 9.59 Å². The van der Waals surface area contributed by atoms with Gasteiger partial charge in [-0.05, 0) is 87.6 Å². The summed E-state index contributed by atoms with van der Waals surface area (Å²) in [5.41, 5.74) is 2.04. The highest BCUT2D eigenvalue weighted by atomic mass is 16.6. The van der Waals surface area contributed by atoms with Crippen molar-refractivity contribution >= 4 is 23.5 Å². The maximum Gasteiger partial charge on any atom is 0.414 e. The van der Waals surface area contributed by atoms with Crippen molar-refractivity contribution in [3.63, 3.8) is 0 Å². The van der Waals surface area contributed by atoms with E-state index in [2.05, 4.69) is 37.0 Å². The number of likely N-dealkylation sites (N-methyl/N-ethyl adjacent to an activating group) is 1. The molecule has 1 aromatic carbocycles. The molecule has 1 N–H and O–H groups in total. The van der Waals surface area contributed by atoms with Crippen LogP contribution in [0.5, 0.6) is 0 Å². The van der Waals surface area contributed by atoms with Crippen molar-refractivity contribution in [1.82, 2.24) is 10.2 Å². The quantitative estimate of drug-likeness (QED) is 0.693. The second-order valence-electron chi connectivity index (χ2n) is 10.9. The fraction of sp³-hybridized carbons (Fsp3) is 0.593.